The Kier molecular flexibility index (Phi) is 10.8. The number of esters is 2. The van der Waals surface area contributed by atoms with E-state index in [1.165, 1.54) is 12.1 Å². The van der Waals surface area contributed by atoms with Crippen molar-refractivity contribution in [3.05, 3.63) is 35.9 Å². The quantitative estimate of drug-likeness (QED) is 0.219. The molecule has 0 atom stereocenters. The first-order chi connectivity index (χ1) is 6.24. The summed E-state index contributed by atoms with van der Waals surface area (Å²) in [7, 11) is 0. The summed E-state index contributed by atoms with van der Waals surface area (Å²) in [6.45, 7) is 0. The first kappa shape index (κ1) is 17.4. The van der Waals surface area contributed by atoms with E-state index < -0.39 is 11.9 Å². The minimum absolute atomic E-state index is 0. The fourth-order valence-electron chi connectivity index (χ4n) is 0.749. The van der Waals surface area contributed by atoms with E-state index >= 15 is 0 Å². The number of hydrogen-bond acceptors (Lipinski definition) is 4. The molecule has 0 aliphatic carbocycles. The van der Waals surface area contributed by atoms with Crippen LogP contribution >= 0.6 is 0 Å². The van der Waals surface area contributed by atoms with E-state index in [1.54, 1.807) is 18.2 Å². The Morgan fingerprint density at radius 3 is 2.07 bits per heavy atom. The molecule has 70 valence electrons. The molecule has 0 heterocycles. The van der Waals surface area contributed by atoms with Crippen LogP contribution in [-0.4, -0.2) is 77.3 Å². The van der Waals surface area contributed by atoms with Crippen LogP contribution in [0.2, 0.25) is 0 Å². The van der Waals surface area contributed by atoms with Gasteiger partial charge in [0.2, 0.25) is 6.29 Å². The summed E-state index contributed by atoms with van der Waals surface area (Å²) in [4.78, 5) is 31.2. The normalized spacial score (nSPS) is 7.73. The number of benzene rings is 1. The van der Waals surface area contributed by atoms with Crippen molar-refractivity contribution in [2.75, 3.05) is 0 Å². The Labute approximate surface area is 131 Å². The van der Waals surface area contributed by atoms with E-state index in [4.69, 9.17) is 0 Å². The summed E-state index contributed by atoms with van der Waals surface area (Å²) in [5.74, 6) is -2.01. The molecule has 0 N–H and O–H groups in total. The minimum atomic E-state index is -1.19. The van der Waals surface area contributed by atoms with Gasteiger partial charge >= 0.3 is 71.1 Å². The van der Waals surface area contributed by atoms with Gasteiger partial charge in [-0.1, -0.05) is 18.2 Å². The molecule has 0 bridgehead atoms. The third kappa shape index (κ3) is 6.25. The van der Waals surface area contributed by atoms with Crippen molar-refractivity contribution in [3.8, 4) is 0 Å². The van der Waals surface area contributed by atoms with Crippen LogP contribution in [0.25, 0.3) is 0 Å². The van der Waals surface area contributed by atoms with E-state index in [1.807, 2.05) is 0 Å². The number of carbonyl (C=O) groups excluding carboxylic acids is 3. The molecule has 0 aromatic heterocycles. The van der Waals surface area contributed by atoms with Gasteiger partial charge in [-0.05, 0) is 12.1 Å². The second-order valence-electron chi connectivity index (χ2n) is 2.19. The predicted octanol–water partition coefficient (Wildman–Crippen LogP) is -0.728. The molecule has 0 fully saturated rings. The SMILES string of the molecule is O=CC(=O)OC(=O)c1ccccc1.[NaH].[NaH]. The van der Waals surface area contributed by atoms with Crippen LogP contribution in [-0.2, 0) is 14.3 Å². The molecule has 0 amide bonds. The summed E-state index contributed by atoms with van der Waals surface area (Å²) >= 11 is 0. The molecule has 0 spiro atoms. The third-order valence-electron chi connectivity index (χ3n) is 1.30. The second kappa shape index (κ2) is 9.27. The molecule has 0 saturated heterocycles. The molecule has 0 aliphatic rings. The fourth-order valence-corrected chi connectivity index (χ4v) is 0.749. The van der Waals surface area contributed by atoms with Gasteiger partial charge in [0.1, 0.15) is 0 Å². The summed E-state index contributed by atoms with van der Waals surface area (Å²) in [5.41, 5.74) is 0.234. The van der Waals surface area contributed by atoms with Crippen LogP contribution in [0, 0.1) is 0 Å². The number of rotatable bonds is 2. The molecule has 1 aromatic carbocycles. The van der Waals surface area contributed by atoms with Crippen LogP contribution in [0.1, 0.15) is 10.4 Å². The zero-order valence-electron chi connectivity index (χ0n) is 6.60. The van der Waals surface area contributed by atoms with Crippen molar-refractivity contribution < 1.29 is 19.1 Å². The van der Waals surface area contributed by atoms with Crippen molar-refractivity contribution in [1.29, 1.82) is 0 Å². The molecular weight excluding hydrogens is 218 g/mol. The maximum absolute atomic E-state index is 11.0. The van der Waals surface area contributed by atoms with Crippen molar-refractivity contribution in [1.82, 2.24) is 0 Å². The zero-order valence-corrected chi connectivity index (χ0v) is 6.60. The van der Waals surface area contributed by atoms with Crippen LogP contribution in [0.3, 0.4) is 0 Å². The van der Waals surface area contributed by atoms with E-state index in [0.29, 0.717) is 0 Å². The molecule has 6 heteroatoms. The summed E-state index contributed by atoms with van der Waals surface area (Å²) < 4.78 is 4.14. The van der Waals surface area contributed by atoms with E-state index in [9.17, 15) is 14.4 Å². The predicted molar refractivity (Wildman–Crippen MR) is 57.2 cm³/mol. The average Bonchev–Trinajstić information content (AvgIpc) is 2.19. The van der Waals surface area contributed by atoms with Gasteiger partial charge < -0.3 is 4.74 Å². The van der Waals surface area contributed by atoms with Gasteiger partial charge in [0, 0.05) is 0 Å². The maximum atomic E-state index is 11.0. The zero-order chi connectivity index (χ0) is 9.68. The molecular formula is C9H8Na2O4. The van der Waals surface area contributed by atoms with E-state index in [-0.39, 0.29) is 71.0 Å². The second-order valence-corrected chi connectivity index (χ2v) is 2.19. The van der Waals surface area contributed by atoms with Gasteiger partial charge in [0.05, 0.1) is 5.56 Å². The van der Waals surface area contributed by atoms with Crippen LogP contribution < -0.4 is 0 Å². The van der Waals surface area contributed by atoms with Gasteiger partial charge in [-0.25, -0.2) is 9.59 Å². The van der Waals surface area contributed by atoms with Crippen molar-refractivity contribution in [3.63, 3.8) is 0 Å². The molecule has 1 aromatic rings. The van der Waals surface area contributed by atoms with Crippen molar-refractivity contribution >= 4 is 77.3 Å². The van der Waals surface area contributed by atoms with Crippen molar-refractivity contribution in [2.24, 2.45) is 0 Å². The average molecular weight is 226 g/mol. The van der Waals surface area contributed by atoms with Crippen LogP contribution in [0.4, 0.5) is 0 Å². The Hall–Kier alpha value is 0.0300. The molecule has 4 nitrogen and oxygen atoms in total. The Morgan fingerprint density at radius 2 is 1.60 bits per heavy atom. The van der Waals surface area contributed by atoms with E-state index in [0.717, 1.165) is 0 Å². The van der Waals surface area contributed by atoms with Crippen molar-refractivity contribution in [2.45, 2.75) is 0 Å². The summed E-state index contributed by atoms with van der Waals surface area (Å²) in [5, 5.41) is 0. The molecule has 0 unspecified atom stereocenters. The number of hydrogen-bond donors (Lipinski definition) is 0. The van der Waals surface area contributed by atoms with Crippen LogP contribution in [0.5, 0.6) is 0 Å². The first-order valence-corrected chi connectivity index (χ1v) is 3.50. The molecule has 0 saturated carbocycles. The third-order valence-corrected chi connectivity index (χ3v) is 1.30. The van der Waals surface area contributed by atoms with Gasteiger partial charge in [0.15, 0.2) is 0 Å². The monoisotopic (exact) mass is 226 g/mol. The Bertz CT molecular complexity index is 337. The van der Waals surface area contributed by atoms with Gasteiger partial charge in [0.25, 0.3) is 0 Å². The first-order valence-electron chi connectivity index (χ1n) is 3.50. The standard InChI is InChI=1S/C9H6O4.2Na.2H/c10-6-8(11)13-9(12)7-4-2-1-3-5-7;;;;/h1-6H;;;;. The molecule has 1 rings (SSSR count). The fraction of sp³-hybridized carbons (Fsp3) is 0. The Balaban J connectivity index is 0. The van der Waals surface area contributed by atoms with Crippen LogP contribution in [0.15, 0.2) is 30.3 Å². The van der Waals surface area contributed by atoms with Gasteiger partial charge in [-0.3, -0.25) is 4.79 Å². The Morgan fingerprint density at radius 1 is 1.07 bits per heavy atom. The van der Waals surface area contributed by atoms with Gasteiger partial charge in [-0.15, -0.1) is 0 Å². The number of ether oxygens (including phenoxy) is 1. The van der Waals surface area contributed by atoms with E-state index in [2.05, 4.69) is 4.74 Å². The molecule has 15 heavy (non-hydrogen) atoms. The van der Waals surface area contributed by atoms with Gasteiger partial charge in [-0.2, -0.15) is 0 Å². The number of carbonyl (C=O) groups is 3. The number of aldehydes is 1. The summed E-state index contributed by atoms with van der Waals surface area (Å²) in [6, 6.07) is 7.95. The summed E-state index contributed by atoms with van der Waals surface area (Å²) in [6.07, 6.45) is -0.0547. The molecule has 0 aliphatic heterocycles. The molecule has 0 radical (unpaired) electrons. The topological polar surface area (TPSA) is 60.4 Å².